The second kappa shape index (κ2) is 13.0. The Morgan fingerprint density at radius 1 is 0.941 bits per heavy atom. The van der Waals surface area contributed by atoms with E-state index in [1.807, 2.05) is 12.1 Å². The van der Waals surface area contributed by atoms with E-state index in [-0.39, 0.29) is 11.2 Å². The normalized spacial score (nSPS) is 11.5. The van der Waals surface area contributed by atoms with Gasteiger partial charge in [0.1, 0.15) is 17.2 Å². The van der Waals surface area contributed by atoms with Crippen molar-refractivity contribution in [1.29, 1.82) is 0 Å². The summed E-state index contributed by atoms with van der Waals surface area (Å²) in [7, 11) is 0. The fourth-order valence-corrected chi connectivity index (χ4v) is 3.40. The number of hydrogen-bond acceptors (Lipinski definition) is 4. The van der Waals surface area contributed by atoms with Crippen LogP contribution in [-0.2, 0) is 5.41 Å². The lowest BCUT2D eigenvalue weighted by Gasteiger charge is -2.25. The quantitative estimate of drug-likeness (QED) is 0.130. The van der Waals surface area contributed by atoms with Crippen molar-refractivity contribution >= 4 is 11.9 Å². The molecule has 34 heavy (non-hydrogen) atoms. The zero-order valence-electron chi connectivity index (χ0n) is 21.7. The van der Waals surface area contributed by atoms with Crippen molar-refractivity contribution in [2.45, 2.75) is 72.6 Å². The molecule has 0 aliphatic heterocycles. The molecule has 0 spiro atoms. The number of carbonyl (C=O) groups excluding carboxylic acids is 1. The number of rotatable bonds is 13. The van der Waals surface area contributed by atoms with Crippen LogP contribution in [-0.4, -0.2) is 19.0 Å². The van der Waals surface area contributed by atoms with Crippen LogP contribution < -0.4 is 14.2 Å². The van der Waals surface area contributed by atoms with Crippen LogP contribution in [0.15, 0.2) is 54.8 Å². The lowest BCUT2D eigenvalue weighted by atomic mass is 9.84. The van der Waals surface area contributed by atoms with Gasteiger partial charge in [-0.3, -0.25) is 4.79 Å². The Labute approximate surface area is 205 Å². The molecule has 0 bridgehead atoms. The van der Waals surface area contributed by atoms with Crippen LogP contribution >= 0.6 is 0 Å². The first-order valence-corrected chi connectivity index (χ1v) is 12.3. The third-order valence-corrected chi connectivity index (χ3v) is 5.30. The average Bonchev–Trinajstić information content (AvgIpc) is 2.77. The highest BCUT2D eigenvalue weighted by Gasteiger charge is 2.23. The smallest absolute Gasteiger partial charge is 0.185 e. The van der Waals surface area contributed by atoms with Crippen LogP contribution in [0.1, 0.15) is 88.7 Å². The highest BCUT2D eigenvalue weighted by Crippen LogP contribution is 2.40. The molecular formula is C30H40O4. The maximum Gasteiger partial charge on any atom is 0.185 e. The van der Waals surface area contributed by atoms with Crippen LogP contribution in [0, 0.1) is 0 Å². The van der Waals surface area contributed by atoms with Crippen molar-refractivity contribution in [2.75, 3.05) is 13.2 Å². The first-order valence-electron chi connectivity index (χ1n) is 12.3. The monoisotopic (exact) mass is 464 g/mol. The fourth-order valence-electron chi connectivity index (χ4n) is 3.40. The van der Waals surface area contributed by atoms with Gasteiger partial charge in [0.25, 0.3) is 0 Å². The van der Waals surface area contributed by atoms with Crippen molar-refractivity contribution in [2.24, 2.45) is 0 Å². The molecule has 0 amide bonds. The molecule has 0 aliphatic rings. The lowest BCUT2D eigenvalue weighted by molar-refractivity contribution is 0.104. The van der Waals surface area contributed by atoms with Crippen LogP contribution in [0.25, 0.3) is 6.08 Å². The molecule has 0 aliphatic carbocycles. The molecular weight excluding hydrogens is 424 g/mol. The zero-order valence-corrected chi connectivity index (χ0v) is 21.7. The van der Waals surface area contributed by atoms with Crippen molar-refractivity contribution in [3.8, 4) is 17.2 Å². The van der Waals surface area contributed by atoms with Gasteiger partial charge < -0.3 is 14.2 Å². The van der Waals surface area contributed by atoms with Gasteiger partial charge in [-0.1, -0.05) is 60.1 Å². The van der Waals surface area contributed by atoms with Gasteiger partial charge in [0, 0.05) is 11.1 Å². The van der Waals surface area contributed by atoms with Crippen molar-refractivity contribution in [3.05, 3.63) is 71.5 Å². The van der Waals surface area contributed by atoms with E-state index in [9.17, 15) is 4.79 Å². The Balaban J connectivity index is 2.44. The first kappa shape index (κ1) is 27.2. The second-order valence-corrected chi connectivity index (χ2v) is 9.53. The summed E-state index contributed by atoms with van der Waals surface area (Å²) >= 11 is 0. The highest BCUT2D eigenvalue weighted by atomic mass is 16.5. The number of ketones is 1. The summed E-state index contributed by atoms with van der Waals surface area (Å²) in [6.45, 7) is 17.6. The summed E-state index contributed by atoms with van der Waals surface area (Å²) < 4.78 is 17.9. The number of unbranched alkanes of at least 4 members (excludes halogenated alkanes) is 2. The van der Waals surface area contributed by atoms with Crippen LogP contribution in [0.3, 0.4) is 0 Å². The van der Waals surface area contributed by atoms with Crippen LogP contribution in [0.4, 0.5) is 0 Å². The molecule has 4 nitrogen and oxygen atoms in total. The summed E-state index contributed by atoms with van der Waals surface area (Å²) in [6, 6.07) is 11.1. The van der Waals surface area contributed by atoms with Crippen LogP contribution in [0.5, 0.6) is 17.2 Å². The predicted molar refractivity (Wildman–Crippen MR) is 141 cm³/mol. The Bertz CT molecular complexity index is 978. The number of carbonyl (C=O) groups is 1. The standard InChI is InChI=1S/C30H40O4/c1-8-10-20-32-28-19-17-26(30(5,6)7)29(33-21-11-9-2)25(28)16-18-27(31)23-12-14-24(15-13-23)34-22(3)4/h12-19H,3,8-11,20-21H2,1-2,4-7H3. The molecule has 2 aromatic carbocycles. The van der Waals surface area contributed by atoms with E-state index in [0.29, 0.717) is 30.3 Å². The Kier molecular flexibility index (Phi) is 10.4. The molecule has 0 heterocycles. The van der Waals surface area contributed by atoms with E-state index >= 15 is 0 Å². The molecule has 0 unspecified atom stereocenters. The van der Waals surface area contributed by atoms with Crippen molar-refractivity contribution < 1.29 is 19.0 Å². The molecule has 0 saturated carbocycles. The molecule has 2 aromatic rings. The third kappa shape index (κ3) is 8.09. The van der Waals surface area contributed by atoms with Gasteiger partial charge in [-0.2, -0.15) is 0 Å². The molecule has 2 rings (SSSR count). The summed E-state index contributed by atoms with van der Waals surface area (Å²) in [4.78, 5) is 12.9. The van der Waals surface area contributed by atoms with E-state index in [2.05, 4.69) is 47.3 Å². The van der Waals surface area contributed by atoms with Gasteiger partial charge in [0.05, 0.1) is 24.5 Å². The first-order chi connectivity index (χ1) is 16.2. The summed E-state index contributed by atoms with van der Waals surface area (Å²) in [6.07, 6.45) is 7.45. The van der Waals surface area contributed by atoms with Gasteiger partial charge in [-0.25, -0.2) is 0 Å². The third-order valence-electron chi connectivity index (χ3n) is 5.30. The molecule has 0 atom stereocenters. The largest absolute Gasteiger partial charge is 0.493 e. The van der Waals surface area contributed by atoms with Gasteiger partial charge >= 0.3 is 0 Å². The number of allylic oxidation sites excluding steroid dienone is 2. The molecule has 0 N–H and O–H groups in total. The summed E-state index contributed by atoms with van der Waals surface area (Å²) in [5.74, 6) is 2.70. The Hall–Kier alpha value is -3.01. The summed E-state index contributed by atoms with van der Waals surface area (Å²) in [5, 5.41) is 0. The topological polar surface area (TPSA) is 44.8 Å². The minimum absolute atomic E-state index is 0.0953. The molecule has 184 valence electrons. The van der Waals surface area contributed by atoms with E-state index in [1.54, 1.807) is 37.3 Å². The second-order valence-electron chi connectivity index (χ2n) is 9.53. The molecule has 0 aromatic heterocycles. The van der Waals surface area contributed by atoms with Gasteiger partial charge in [-0.05, 0) is 67.7 Å². The highest BCUT2D eigenvalue weighted by molar-refractivity contribution is 6.07. The fraction of sp³-hybridized carbons (Fsp3) is 0.433. The number of hydrogen-bond donors (Lipinski definition) is 0. The van der Waals surface area contributed by atoms with Crippen LogP contribution in [0.2, 0.25) is 0 Å². The maximum absolute atomic E-state index is 12.9. The van der Waals surface area contributed by atoms with Gasteiger partial charge in [0.15, 0.2) is 5.78 Å². The van der Waals surface area contributed by atoms with Gasteiger partial charge in [-0.15, -0.1) is 0 Å². The number of benzene rings is 2. The van der Waals surface area contributed by atoms with Crippen molar-refractivity contribution in [3.63, 3.8) is 0 Å². The minimum Gasteiger partial charge on any atom is -0.493 e. The van der Waals surface area contributed by atoms with Gasteiger partial charge in [0.2, 0.25) is 0 Å². The summed E-state index contributed by atoms with van der Waals surface area (Å²) in [5.41, 5.74) is 2.38. The molecule has 0 fully saturated rings. The average molecular weight is 465 g/mol. The Morgan fingerprint density at radius 2 is 1.56 bits per heavy atom. The lowest BCUT2D eigenvalue weighted by Crippen LogP contribution is -2.15. The molecule has 4 heteroatoms. The van der Waals surface area contributed by atoms with Crippen molar-refractivity contribution in [1.82, 2.24) is 0 Å². The number of ether oxygens (including phenoxy) is 3. The zero-order chi connectivity index (χ0) is 25.1. The van der Waals surface area contributed by atoms with E-state index in [4.69, 9.17) is 14.2 Å². The molecule has 0 saturated heterocycles. The molecule has 0 radical (unpaired) electrons. The Morgan fingerprint density at radius 3 is 2.12 bits per heavy atom. The predicted octanol–water partition coefficient (Wildman–Crippen LogP) is 8.15. The van der Waals surface area contributed by atoms with E-state index < -0.39 is 0 Å². The minimum atomic E-state index is -0.116. The van der Waals surface area contributed by atoms with E-state index in [0.717, 1.165) is 48.3 Å². The van der Waals surface area contributed by atoms with E-state index in [1.165, 1.54) is 0 Å². The SMILES string of the molecule is C=C(C)Oc1ccc(C(=O)C=Cc2c(OCCCC)ccc(C(C)(C)C)c2OCCCC)cc1. The maximum atomic E-state index is 12.9.